The van der Waals surface area contributed by atoms with E-state index in [1.807, 2.05) is 16.7 Å². The summed E-state index contributed by atoms with van der Waals surface area (Å²) in [7, 11) is 0. The molecular formula is C15H22ClN3O2S. The Morgan fingerprint density at radius 3 is 2.68 bits per heavy atom. The van der Waals surface area contributed by atoms with Crippen LogP contribution in [0.25, 0.3) is 0 Å². The van der Waals surface area contributed by atoms with E-state index in [2.05, 4.69) is 5.32 Å². The van der Waals surface area contributed by atoms with Gasteiger partial charge in [-0.2, -0.15) is 11.8 Å². The highest BCUT2D eigenvalue weighted by Crippen LogP contribution is 2.16. The molecule has 0 bridgehead atoms. The lowest BCUT2D eigenvalue weighted by molar-refractivity contribution is -0.119. The first-order chi connectivity index (χ1) is 10.1. The van der Waals surface area contributed by atoms with Gasteiger partial charge in [0.15, 0.2) is 0 Å². The van der Waals surface area contributed by atoms with Gasteiger partial charge >= 0.3 is 0 Å². The molecule has 0 aromatic heterocycles. The van der Waals surface area contributed by atoms with E-state index in [0.717, 1.165) is 24.6 Å². The molecule has 1 aromatic rings. The number of benzene rings is 1. The molecule has 5 nitrogen and oxygen atoms in total. The number of carbonyl (C=O) groups excluding carboxylic acids is 2. The molecular weight excluding hydrogens is 322 g/mol. The SMILES string of the molecule is CC(CN)C(=O)Nc1cccc(C(=O)N2CCSCC2)c1.Cl. The average Bonchev–Trinajstić information content (AvgIpc) is 2.54. The first kappa shape index (κ1) is 18.8. The molecule has 1 unspecified atom stereocenters. The monoisotopic (exact) mass is 343 g/mol. The van der Waals surface area contributed by atoms with E-state index in [-0.39, 0.29) is 30.1 Å². The van der Waals surface area contributed by atoms with E-state index < -0.39 is 0 Å². The Morgan fingerprint density at radius 1 is 1.36 bits per heavy atom. The fourth-order valence-corrected chi connectivity index (χ4v) is 2.95. The van der Waals surface area contributed by atoms with Crippen LogP contribution in [0.3, 0.4) is 0 Å². The zero-order valence-corrected chi connectivity index (χ0v) is 14.2. The number of nitrogens with zero attached hydrogens (tertiary/aromatic N) is 1. The van der Waals surface area contributed by atoms with Crippen LogP contribution in [0.2, 0.25) is 0 Å². The zero-order chi connectivity index (χ0) is 15.2. The van der Waals surface area contributed by atoms with Gasteiger partial charge in [0.25, 0.3) is 5.91 Å². The quantitative estimate of drug-likeness (QED) is 0.874. The number of hydrogen-bond donors (Lipinski definition) is 2. The Labute approximate surface area is 141 Å². The molecule has 1 saturated heterocycles. The maximum absolute atomic E-state index is 12.4. The summed E-state index contributed by atoms with van der Waals surface area (Å²) in [6, 6.07) is 7.08. The maximum atomic E-state index is 12.4. The van der Waals surface area contributed by atoms with Crippen LogP contribution in [0.1, 0.15) is 17.3 Å². The second kappa shape index (κ2) is 9.02. The second-order valence-corrected chi connectivity index (χ2v) is 6.34. The molecule has 2 rings (SSSR count). The van der Waals surface area contributed by atoms with Gasteiger partial charge < -0.3 is 16.0 Å². The molecule has 1 heterocycles. The van der Waals surface area contributed by atoms with Gasteiger partial charge in [-0.25, -0.2) is 0 Å². The molecule has 1 aliphatic heterocycles. The highest BCUT2D eigenvalue weighted by molar-refractivity contribution is 7.99. The first-order valence-corrected chi connectivity index (χ1v) is 8.25. The van der Waals surface area contributed by atoms with Crippen molar-refractivity contribution in [2.45, 2.75) is 6.92 Å². The summed E-state index contributed by atoms with van der Waals surface area (Å²) in [6.45, 7) is 3.64. The van der Waals surface area contributed by atoms with Gasteiger partial charge in [-0.1, -0.05) is 13.0 Å². The van der Waals surface area contributed by atoms with Gasteiger partial charge in [0.2, 0.25) is 5.91 Å². The molecule has 0 radical (unpaired) electrons. The molecule has 122 valence electrons. The van der Waals surface area contributed by atoms with Crippen molar-refractivity contribution in [1.82, 2.24) is 4.90 Å². The minimum atomic E-state index is -0.247. The molecule has 1 fully saturated rings. The fraction of sp³-hybridized carbons (Fsp3) is 0.467. The predicted molar refractivity (Wildman–Crippen MR) is 93.8 cm³/mol. The standard InChI is InChI=1S/C15H21N3O2S.ClH/c1-11(10-16)14(19)17-13-4-2-3-12(9-13)15(20)18-5-7-21-8-6-18;/h2-4,9,11H,5-8,10,16H2,1H3,(H,17,19);1H. The van der Waals surface area contributed by atoms with Gasteiger partial charge in [-0.15, -0.1) is 12.4 Å². The van der Waals surface area contributed by atoms with E-state index in [1.165, 1.54) is 0 Å². The molecule has 0 spiro atoms. The van der Waals surface area contributed by atoms with Crippen LogP contribution in [-0.4, -0.2) is 47.9 Å². The summed E-state index contributed by atoms with van der Waals surface area (Å²) in [5, 5.41) is 2.80. The third-order valence-corrected chi connectivity index (χ3v) is 4.42. The summed E-state index contributed by atoms with van der Waals surface area (Å²) >= 11 is 1.87. The van der Waals surface area contributed by atoms with Crippen LogP contribution in [-0.2, 0) is 4.79 Å². The normalized spacial score (nSPS) is 15.6. The molecule has 22 heavy (non-hydrogen) atoms. The number of carbonyl (C=O) groups is 2. The number of rotatable bonds is 4. The summed E-state index contributed by atoms with van der Waals surface area (Å²) in [6.07, 6.45) is 0. The van der Waals surface area contributed by atoms with Crippen LogP contribution in [0.15, 0.2) is 24.3 Å². The lowest BCUT2D eigenvalue weighted by Crippen LogP contribution is -2.37. The van der Waals surface area contributed by atoms with Crippen molar-refractivity contribution in [1.29, 1.82) is 0 Å². The first-order valence-electron chi connectivity index (χ1n) is 7.10. The lowest BCUT2D eigenvalue weighted by atomic mass is 10.1. The van der Waals surface area contributed by atoms with Gasteiger partial charge in [0.1, 0.15) is 0 Å². The zero-order valence-electron chi connectivity index (χ0n) is 12.6. The fourth-order valence-electron chi connectivity index (χ4n) is 2.05. The van der Waals surface area contributed by atoms with Crippen LogP contribution in [0.5, 0.6) is 0 Å². The number of thioether (sulfide) groups is 1. The van der Waals surface area contributed by atoms with Gasteiger partial charge in [0, 0.05) is 48.3 Å². The minimum absolute atomic E-state index is 0. The van der Waals surface area contributed by atoms with Crippen molar-refractivity contribution < 1.29 is 9.59 Å². The summed E-state index contributed by atoms with van der Waals surface area (Å²) < 4.78 is 0. The molecule has 1 aromatic carbocycles. The van der Waals surface area contributed by atoms with Gasteiger partial charge in [-0.3, -0.25) is 9.59 Å². The molecule has 2 amide bonds. The van der Waals surface area contributed by atoms with Crippen LogP contribution in [0, 0.1) is 5.92 Å². The topological polar surface area (TPSA) is 75.4 Å². The summed E-state index contributed by atoms with van der Waals surface area (Å²) in [5.74, 6) is 1.62. The van der Waals surface area contributed by atoms with E-state index in [0.29, 0.717) is 17.8 Å². The Kier molecular flexibility index (Phi) is 7.72. The Hall–Kier alpha value is -1.24. The summed E-state index contributed by atoms with van der Waals surface area (Å²) in [4.78, 5) is 26.1. The van der Waals surface area contributed by atoms with E-state index >= 15 is 0 Å². The average molecular weight is 344 g/mol. The Bertz CT molecular complexity index is 521. The number of hydrogen-bond acceptors (Lipinski definition) is 4. The smallest absolute Gasteiger partial charge is 0.253 e. The van der Waals surface area contributed by atoms with Crippen molar-refractivity contribution in [3.8, 4) is 0 Å². The van der Waals surface area contributed by atoms with Gasteiger partial charge in [-0.05, 0) is 18.2 Å². The van der Waals surface area contributed by atoms with Crippen LogP contribution in [0.4, 0.5) is 5.69 Å². The lowest BCUT2D eigenvalue weighted by Gasteiger charge is -2.26. The van der Waals surface area contributed by atoms with E-state index in [9.17, 15) is 9.59 Å². The molecule has 1 aliphatic rings. The van der Waals surface area contributed by atoms with Gasteiger partial charge in [0.05, 0.1) is 0 Å². The number of amides is 2. The van der Waals surface area contributed by atoms with E-state index in [4.69, 9.17) is 5.73 Å². The number of halogens is 1. The minimum Gasteiger partial charge on any atom is -0.337 e. The Morgan fingerprint density at radius 2 is 2.05 bits per heavy atom. The number of nitrogens with two attached hydrogens (primary N) is 1. The van der Waals surface area contributed by atoms with Crippen molar-refractivity contribution in [2.24, 2.45) is 11.7 Å². The van der Waals surface area contributed by atoms with Crippen LogP contribution >= 0.6 is 24.2 Å². The molecule has 1 atom stereocenters. The van der Waals surface area contributed by atoms with Crippen molar-refractivity contribution in [3.05, 3.63) is 29.8 Å². The van der Waals surface area contributed by atoms with Crippen molar-refractivity contribution in [2.75, 3.05) is 36.5 Å². The molecule has 0 saturated carbocycles. The highest BCUT2D eigenvalue weighted by Gasteiger charge is 2.19. The summed E-state index contributed by atoms with van der Waals surface area (Å²) in [5.41, 5.74) is 6.73. The van der Waals surface area contributed by atoms with E-state index in [1.54, 1.807) is 31.2 Å². The molecule has 7 heteroatoms. The second-order valence-electron chi connectivity index (χ2n) is 5.11. The maximum Gasteiger partial charge on any atom is 0.253 e. The largest absolute Gasteiger partial charge is 0.337 e. The number of nitrogens with one attached hydrogen (secondary N) is 1. The van der Waals surface area contributed by atoms with Crippen LogP contribution < -0.4 is 11.1 Å². The van der Waals surface area contributed by atoms with Crippen molar-refractivity contribution >= 4 is 41.7 Å². The number of anilines is 1. The molecule has 0 aliphatic carbocycles. The third-order valence-electron chi connectivity index (χ3n) is 3.48. The predicted octanol–water partition coefficient (Wildman–Crippen LogP) is 1.83. The Balaban J connectivity index is 0.00000242. The highest BCUT2D eigenvalue weighted by atomic mass is 35.5. The molecule has 3 N–H and O–H groups in total. The third kappa shape index (κ3) is 4.90. The van der Waals surface area contributed by atoms with Crippen molar-refractivity contribution in [3.63, 3.8) is 0 Å².